The second kappa shape index (κ2) is 8.03. The van der Waals surface area contributed by atoms with E-state index in [1.54, 1.807) is 11.8 Å². The van der Waals surface area contributed by atoms with Gasteiger partial charge in [-0.2, -0.15) is 0 Å². The van der Waals surface area contributed by atoms with Gasteiger partial charge < -0.3 is 23.5 Å². The molecule has 7 heteroatoms. The number of amides is 1. The second-order valence-corrected chi connectivity index (χ2v) is 7.43. The first-order chi connectivity index (χ1) is 13.5. The van der Waals surface area contributed by atoms with Gasteiger partial charge in [-0.25, -0.2) is 4.98 Å². The van der Waals surface area contributed by atoms with Crippen molar-refractivity contribution in [1.29, 1.82) is 0 Å². The molecular weight excluding hydrogens is 360 g/mol. The topological polar surface area (TPSA) is 74.0 Å². The number of aromatic nitrogens is 1. The van der Waals surface area contributed by atoms with Crippen LogP contribution in [0.15, 0.2) is 34.7 Å². The predicted octanol–water partition coefficient (Wildman–Crippen LogP) is 2.43. The largest absolute Gasteiger partial charge is 0.441 e. The van der Waals surface area contributed by atoms with Gasteiger partial charge in [-0.1, -0.05) is 18.2 Å². The van der Waals surface area contributed by atoms with Gasteiger partial charge in [0.15, 0.2) is 0 Å². The molecule has 2 aliphatic heterocycles. The van der Waals surface area contributed by atoms with Crippen LogP contribution in [0.2, 0.25) is 0 Å². The molecule has 1 amide bonds. The van der Waals surface area contributed by atoms with Crippen LogP contribution in [0.5, 0.6) is 0 Å². The summed E-state index contributed by atoms with van der Waals surface area (Å²) in [4.78, 5) is 19.1. The van der Waals surface area contributed by atoms with E-state index in [1.165, 1.54) is 0 Å². The Balaban J connectivity index is 1.37. The van der Waals surface area contributed by atoms with Crippen LogP contribution in [0.3, 0.4) is 0 Å². The fourth-order valence-electron chi connectivity index (χ4n) is 3.53. The lowest BCUT2D eigenvalue weighted by Crippen LogP contribution is -2.56. The third-order valence-corrected chi connectivity index (χ3v) is 5.27. The summed E-state index contributed by atoms with van der Waals surface area (Å²) < 4.78 is 22.9. The van der Waals surface area contributed by atoms with E-state index in [9.17, 15) is 4.79 Å². The molecule has 0 aliphatic carbocycles. The number of hydrogen-bond acceptors (Lipinski definition) is 6. The quantitative estimate of drug-likeness (QED) is 0.804. The average Bonchev–Trinajstić information content (AvgIpc) is 3.11. The Morgan fingerprint density at radius 2 is 1.86 bits per heavy atom. The van der Waals surface area contributed by atoms with Gasteiger partial charge in [0.25, 0.3) is 5.91 Å². The number of rotatable bonds is 4. The Bertz CT molecular complexity index is 805. The summed E-state index contributed by atoms with van der Waals surface area (Å²) in [5.41, 5.74) is 1.86. The number of carbonyl (C=O) groups is 1. The first kappa shape index (κ1) is 19.1. The summed E-state index contributed by atoms with van der Waals surface area (Å²) in [5, 5.41) is 0. The Labute approximate surface area is 164 Å². The van der Waals surface area contributed by atoms with Gasteiger partial charge in [0, 0.05) is 31.0 Å². The minimum absolute atomic E-state index is 0.123. The molecule has 3 heterocycles. The fourth-order valence-corrected chi connectivity index (χ4v) is 3.53. The molecule has 2 aliphatic rings. The highest BCUT2D eigenvalue weighted by Crippen LogP contribution is 2.28. The van der Waals surface area contributed by atoms with Gasteiger partial charge in [-0.05, 0) is 26.0 Å². The molecule has 0 spiro atoms. The van der Waals surface area contributed by atoms with Crippen LogP contribution < -0.4 is 0 Å². The SMILES string of the molecule is Cc1oc(-c2ccccc2)nc1CC1COC(C)(C(=O)N2CCOCC2)OC1. The van der Waals surface area contributed by atoms with Gasteiger partial charge in [-0.15, -0.1) is 0 Å². The first-order valence-corrected chi connectivity index (χ1v) is 9.72. The lowest BCUT2D eigenvalue weighted by molar-refractivity contribution is -0.267. The molecule has 1 aromatic heterocycles. The Morgan fingerprint density at radius 3 is 2.54 bits per heavy atom. The maximum Gasteiger partial charge on any atom is 0.282 e. The summed E-state index contributed by atoms with van der Waals surface area (Å²) in [6.45, 7) is 6.77. The maximum absolute atomic E-state index is 12.7. The number of hydrogen-bond donors (Lipinski definition) is 0. The van der Waals surface area contributed by atoms with E-state index in [2.05, 4.69) is 4.98 Å². The van der Waals surface area contributed by atoms with E-state index >= 15 is 0 Å². The standard InChI is InChI=1S/C21H26N2O5/c1-15-18(22-19(28-15)17-6-4-3-5-7-17)12-16-13-26-21(2,27-14-16)20(24)23-8-10-25-11-9-23/h3-7,16H,8-14H2,1-2H3. The maximum atomic E-state index is 12.7. The molecule has 0 N–H and O–H groups in total. The number of carbonyl (C=O) groups excluding carboxylic acids is 1. The van der Waals surface area contributed by atoms with Crippen molar-refractivity contribution >= 4 is 5.91 Å². The Morgan fingerprint density at radius 1 is 1.18 bits per heavy atom. The Hall–Kier alpha value is -2.22. The van der Waals surface area contributed by atoms with Crippen molar-refractivity contribution in [2.24, 2.45) is 5.92 Å². The van der Waals surface area contributed by atoms with E-state index < -0.39 is 5.79 Å². The first-order valence-electron chi connectivity index (χ1n) is 9.72. The number of oxazole rings is 1. The molecular formula is C21H26N2O5. The van der Waals surface area contributed by atoms with E-state index in [1.807, 2.05) is 37.3 Å². The zero-order chi connectivity index (χ0) is 19.6. The number of morpholine rings is 1. The lowest BCUT2D eigenvalue weighted by atomic mass is 10.0. The van der Waals surface area contributed by atoms with Crippen molar-refractivity contribution in [1.82, 2.24) is 9.88 Å². The van der Waals surface area contributed by atoms with Gasteiger partial charge in [0.05, 0.1) is 32.1 Å². The van der Waals surface area contributed by atoms with Crippen LogP contribution >= 0.6 is 0 Å². The van der Waals surface area contributed by atoms with E-state index in [4.69, 9.17) is 18.6 Å². The van der Waals surface area contributed by atoms with Crippen molar-refractivity contribution < 1.29 is 23.4 Å². The molecule has 7 nitrogen and oxygen atoms in total. The molecule has 0 bridgehead atoms. The van der Waals surface area contributed by atoms with Crippen LogP contribution in [-0.2, 0) is 25.4 Å². The molecule has 150 valence electrons. The Kier molecular flexibility index (Phi) is 5.48. The molecule has 2 fully saturated rings. The predicted molar refractivity (Wildman–Crippen MR) is 102 cm³/mol. The van der Waals surface area contributed by atoms with Crippen LogP contribution in [-0.4, -0.2) is 61.1 Å². The minimum atomic E-state index is -1.22. The zero-order valence-electron chi connectivity index (χ0n) is 16.3. The van der Waals surface area contributed by atoms with Crippen LogP contribution in [0.4, 0.5) is 0 Å². The van der Waals surface area contributed by atoms with Crippen molar-refractivity contribution in [2.45, 2.75) is 26.1 Å². The monoisotopic (exact) mass is 386 g/mol. The third kappa shape index (κ3) is 3.97. The highest BCUT2D eigenvalue weighted by Gasteiger charge is 2.43. The molecule has 28 heavy (non-hydrogen) atoms. The molecule has 2 saturated heterocycles. The third-order valence-electron chi connectivity index (χ3n) is 5.27. The molecule has 0 atom stereocenters. The summed E-state index contributed by atoms with van der Waals surface area (Å²) in [5.74, 6) is 0.202. The molecule has 0 radical (unpaired) electrons. The zero-order valence-corrected chi connectivity index (χ0v) is 16.3. The molecule has 1 aromatic carbocycles. The molecule has 2 aromatic rings. The number of benzene rings is 1. The van der Waals surface area contributed by atoms with Crippen LogP contribution in [0.1, 0.15) is 18.4 Å². The molecule has 0 unspecified atom stereocenters. The van der Waals surface area contributed by atoms with Crippen molar-refractivity contribution in [2.75, 3.05) is 39.5 Å². The minimum Gasteiger partial charge on any atom is -0.441 e. The van der Waals surface area contributed by atoms with Gasteiger partial charge in [0.2, 0.25) is 11.7 Å². The van der Waals surface area contributed by atoms with E-state index in [0.717, 1.165) is 17.0 Å². The smallest absolute Gasteiger partial charge is 0.282 e. The van der Waals surface area contributed by atoms with Crippen molar-refractivity contribution in [3.8, 4) is 11.5 Å². The van der Waals surface area contributed by atoms with E-state index in [-0.39, 0.29) is 11.8 Å². The number of aryl methyl sites for hydroxylation is 1. The van der Waals surface area contributed by atoms with Gasteiger partial charge in [0.1, 0.15) is 5.76 Å². The van der Waals surface area contributed by atoms with Crippen LogP contribution in [0.25, 0.3) is 11.5 Å². The van der Waals surface area contributed by atoms with Crippen molar-refractivity contribution in [3.05, 3.63) is 41.8 Å². The highest BCUT2D eigenvalue weighted by molar-refractivity contribution is 5.83. The summed E-state index contributed by atoms with van der Waals surface area (Å²) in [7, 11) is 0. The number of ether oxygens (including phenoxy) is 3. The van der Waals surface area contributed by atoms with Gasteiger partial charge >= 0.3 is 0 Å². The normalized spacial score (nSPS) is 25.6. The van der Waals surface area contributed by atoms with E-state index in [0.29, 0.717) is 51.8 Å². The molecule has 0 saturated carbocycles. The molecule has 4 rings (SSSR count). The van der Waals surface area contributed by atoms with Gasteiger partial charge in [-0.3, -0.25) is 4.79 Å². The van der Waals surface area contributed by atoms with Crippen molar-refractivity contribution in [3.63, 3.8) is 0 Å². The summed E-state index contributed by atoms with van der Waals surface area (Å²) in [6.07, 6.45) is 0.685. The lowest BCUT2D eigenvalue weighted by Gasteiger charge is -2.40. The summed E-state index contributed by atoms with van der Waals surface area (Å²) >= 11 is 0. The fraction of sp³-hybridized carbons (Fsp3) is 0.524. The highest BCUT2D eigenvalue weighted by atomic mass is 16.7. The summed E-state index contributed by atoms with van der Waals surface area (Å²) in [6, 6.07) is 9.84. The number of nitrogens with zero attached hydrogens (tertiary/aromatic N) is 2. The van der Waals surface area contributed by atoms with Crippen LogP contribution in [0, 0.1) is 12.8 Å². The second-order valence-electron chi connectivity index (χ2n) is 7.43. The average molecular weight is 386 g/mol.